The molecule has 1 aromatic carbocycles. The largest absolute Gasteiger partial charge is 0.497 e. The van der Waals surface area contributed by atoms with Gasteiger partial charge in [0, 0.05) is 19.2 Å². The lowest BCUT2D eigenvalue weighted by Gasteiger charge is -2.10. The molecule has 1 atom stereocenters. The van der Waals surface area contributed by atoms with Gasteiger partial charge in [-0.2, -0.15) is 0 Å². The second-order valence-corrected chi connectivity index (χ2v) is 3.79. The van der Waals surface area contributed by atoms with Gasteiger partial charge < -0.3 is 14.8 Å². The topological polar surface area (TPSA) is 30.5 Å². The third-order valence-corrected chi connectivity index (χ3v) is 2.68. The summed E-state index contributed by atoms with van der Waals surface area (Å²) < 4.78 is 10.4. The minimum absolute atomic E-state index is 0.520. The van der Waals surface area contributed by atoms with Crippen molar-refractivity contribution >= 4 is 0 Å². The summed E-state index contributed by atoms with van der Waals surface area (Å²) in [6.07, 6.45) is 1.12. The fourth-order valence-corrected chi connectivity index (χ4v) is 1.70. The Morgan fingerprint density at radius 1 is 1.40 bits per heavy atom. The van der Waals surface area contributed by atoms with Gasteiger partial charge >= 0.3 is 0 Å². The lowest BCUT2D eigenvalue weighted by atomic mass is 10.2. The van der Waals surface area contributed by atoms with Gasteiger partial charge in [-0.1, -0.05) is 12.1 Å². The quantitative estimate of drug-likeness (QED) is 0.813. The van der Waals surface area contributed by atoms with Gasteiger partial charge in [-0.05, 0) is 24.1 Å². The molecule has 0 amide bonds. The molecular weight excluding hydrogens is 190 g/mol. The lowest BCUT2D eigenvalue weighted by Crippen LogP contribution is -2.28. The fourth-order valence-electron chi connectivity index (χ4n) is 1.70. The normalized spacial score (nSPS) is 20.5. The molecule has 0 spiro atoms. The van der Waals surface area contributed by atoms with Crippen LogP contribution in [-0.4, -0.2) is 26.4 Å². The molecule has 0 radical (unpaired) electrons. The van der Waals surface area contributed by atoms with E-state index in [0.717, 1.165) is 31.9 Å². The van der Waals surface area contributed by atoms with E-state index in [4.69, 9.17) is 9.47 Å². The van der Waals surface area contributed by atoms with Crippen molar-refractivity contribution in [3.63, 3.8) is 0 Å². The van der Waals surface area contributed by atoms with Crippen LogP contribution in [0.4, 0.5) is 0 Å². The number of methoxy groups -OCH3 is 1. The molecule has 1 fully saturated rings. The van der Waals surface area contributed by atoms with E-state index >= 15 is 0 Å². The van der Waals surface area contributed by atoms with E-state index in [0.29, 0.717) is 6.04 Å². The van der Waals surface area contributed by atoms with Crippen molar-refractivity contribution in [3.8, 4) is 5.75 Å². The summed E-state index contributed by atoms with van der Waals surface area (Å²) in [5.74, 6) is 0.906. The zero-order valence-electron chi connectivity index (χ0n) is 9.03. The summed E-state index contributed by atoms with van der Waals surface area (Å²) in [6.45, 7) is 2.63. The Labute approximate surface area is 90.4 Å². The number of benzene rings is 1. The Morgan fingerprint density at radius 3 is 2.80 bits per heavy atom. The number of ether oxygens (including phenoxy) is 2. The smallest absolute Gasteiger partial charge is 0.118 e. The average Bonchev–Trinajstić information content (AvgIpc) is 2.80. The van der Waals surface area contributed by atoms with Crippen molar-refractivity contribution < 1.29 is 9.47 Å². The molecule has 0 bridgehead atoms. The zero-order valence-corrected chi connectivity index (χ0v) is 9.03. The van der Waals surface area contributed by atoms with Crippen LogP contribution in [0.2, 0.25) is 0 Å². The van der Waals surface area contributed by atoms with Crippen LogP contribution in [0.3, 0.4) is 0 Å². The van der Waals surface area contributed by atoms with E-state index in [1.54, 1.807) is 7.11 Å². The number of rotatable bonds is 4. The van der Waals surface area contributed by atoms with Crippen LogP contribution in [0.5, 0.6) is 5.75 Å². The molecule has 3 nitrogen and oxygen atoms in total. The summed E-state index contributed by atoms with van der Waals surface area (Å²) in [6, 6.07) is 8.67. The fraction of sp³-hybridized carbons (Fsp3) is 0.500. The molecule has 1 saturated heterocycles. The highest BCUT2D eigenvalue weighted by atomic mass is 16.5. The molecule has 82 valence electrons. The molecule has 3 heteroatoms. The van der Waals surface area contributed by atoms with E-state index in [1.807, 2.05) is 12.1 Å². The van der Waals surface area contributed by atoms with E-state index < -0.39 is 0 Å². The molecule has 0 aliphatic carbocycles. The first kappa shape index (κ1) is 10.5. The first-order valence-corrected chi connectivity index (χ1v) is 5.32. The highest BCUT2D eigenvalue weighted by Crippen LogP contribution is 2.12. The van der Waals surface area contributed by atoms with Crippen molar-refractivity contribution in [1.82, 2.24) is 5.32 Å². The van der Waals surface area contributed by atoms with Crippen molar-refractivity contribution in [1.29, 1.82) is 0 Å². The lowest BCUT2D eigenvalue weighted by molar-refractivity contribution is 0.190. The van der Waals surface area contributed by atoms with E-state index in [-0.39, 0.29) is 0 Å². The standard InChI is InChI=1S/C12H17NO2/c1-14-12-4-2-10(3-5-12)8-13-11-6-7-15-9-11/h2-5,11,13H,6-9H2,1H3. The second-order valence-electron chi connectivity index (χ2n) is 3.79. The minimum Gasteiger partial charge on any atom is -0.497 e. The molecule has 15 heavy (non-hydrogen) atoms. The Bertz CT molecular complexity index is 291. The first-order valence-electron chi connectivity index (χ1n) is 5.32. The highest BCUT2D eigenvalue weighted by Gasteiger charge is 2.14. The second kappa shape index (κ2) is 5.14. The minimum atomic E-state index is 0.520. The third-order valence-electron chi connectivity index (χ3n) is 2.68. The third kappa shape index (κ3) is 2.94. The van der Waals surface area contributed by atoms with Gasteiger partial charge in [0.2, 0.25) is 0 Å². The van der Waals surface area contributed by atoms with Gasteiger partial charge in [0.1, 0.15) is 5.75 Å². The Kier molecular flexibility index (Phi) is 3.59. The average molecular weight is 207 g/mol. The monoisotopic (exact) mass is 207 g/mol. The molecule has 2 rings (SSSR count). The highest BCUT2D eigenvalue weighted by molar-refractivity contribution is 5.27. The predicted octanol–water partition coefficient (Wildman–Crippen LogP) is 1.57. The molecule has 1 aromatic rings. The summed E-state index contributed by atoms with van der Waals surface area (Å²) in [5.41, 5.74) is 1.28. The summed E-state index contributed by atoms with van der Waals surface area (Å²) in [5, 5.41) is 3.47. The molecule has 0 aromatic heterocycles. The van der Waals surface area contributed by atoms with E-state index in [9.17, 15) is 0 Å². The van der Waals surface area contributed by atoms with Crippen molar-refractivity contribution in [3.05, 3.63) is 29.8 Å². The van der Waals surface area contributed by atoms with E-state index in [2.05, 4.69) is 17.4 Å². The molecule has 1 heterocycles. The Morgan fingerprint density at radius 2 is 2.20 bits per heavy atom. The van der Waals surface area contributed by atoms with Crippen LogP contribution in [0.1, 0.15) is 12.0 Å². The van der Waals surface area contributed by atoms with Gasteiger partial charge in [-0.15, -0.1) is 0 Å². The number of nitrogens with one attached hydrogen (secondary N) is 1. The molecule has 1 unspecified atom stereocenters. The molecule has 1 aliphatic rings. The van der Waals surface area contributed by atoms with Gasteiger partial charge in [0.15, 0.2) is 0 Å². The number of hydrogen-bond donors (Lipinski definition) is 1. The van der Waals surface area contributed by atoms with Gasteiger partial charge in [0.25, 0.3) is 0 Å². The zero-order chi connectivity index (χ0) is 10.5. The van der Waals surface area contributed by atoms with Crippen molar-refractivity contribution in [2.24, 2.45) is 0 Å². The maximum absolute atomic E-state index is 5.30. The van der Waals surface area contributed by atoms with Gasteiger partial charge in [-0.3, -0.25) is 0 Å². The summed E-state index contributed by atoms with van der Waals surface area (Å²) >= 11 is 0. The van der Waals surface area contributed by atoms with Crippen LogP contribution in [0.25, 0.3) is 0 Å². The molecule has 1 aliphatic heterocycles. The SMILES string of the molecule is COc1ccc(CNC2CCOC2)cc1. The first-order chi connectivity index (χ1) is 7.38. The van der Waals surface area contributed by atoms with Crippen LogP contribution in [0, 0.1) is 0 Å². The maximum Gasteiger partial charge on any atom is 0.118 e. The van der Waals surface area contributed by atoms with Crippen LogP contribution >= 0.6 is 0 Å². The summed E-state index contributed by atoms with van der Waals surface area (Å²) in [7, 11) is 1.68. The van der Waals surface area contributed by atoms with Crippen LogP contribution in [0.15, 0.2) is 24.3 Å². The molecule has 1 N–H and O–H groups in total. The Hall–Kier alpha value is -1.06. The predicted molar refractivity (Wildman–Crippen MR) is 59.1 cm³/mol. The molecule has 0 saturated carbocycles. The number of hydrogen-bond acceptors (Lipinski definition) is 3. The van der Waals surface area contributed by atoms with Crippen molar-refractivity contribution in [2.45, 2.75) is 19.0 Å². The molecular formula is C12H17NO2. The van der Waals surface area contributed by atoms with E-state index in [1.165, 1.54) is 5.56 Å². The van der Waals surface area contributed by atoms with Crippen molar-refractivity contribution in [2.75, 3.05) is 20.3 Å². The Balaban J connectivity index is 1.82. The van der Waals surface area contributed by atoms with Crippen LogP contribution < -0.4 is 10.1 Å². The maximum atomic E-state index is 5.30. The van der Waals surface area contributed by atoms with Gasteiger partial charge in [-0.25, -0.2) is 0 Å². The summed E-state index contributed by atoms with van der Waals surface area (Å²) in [4.78, 5) is 0. The van der Waals surface area contributed by atoms with Gasteiger partial charge in [0.05, 0.1) is 13.7 Å². The van der Waals surface area contributed by atoms with Crippen LogP contribution in [-0.2, 0) is 11.3 Å².